The lowest BCUT2D eigenvalue weighted by Crippen LogP contribution is -2.34. The second-order valence-corrected chi connectivity index (χ2v) is 6.09. The smallest absolute Gasteiger partial charge is 0.261 e. The summed E-state index contributed by atoms with van der Waals surface area (Å²) in [5, 5.41) is 3.37. The minimum absolute atomic E-state index is 0.118. The number of hydrogen-bond donors (Lipinski definition) is 1. The van der Waals surface area contributed by atoms with Crippen LogP contribution in [0, 0.1) is 0 Å². The van der Waals surface area contributed by atoms with Gasteiger partial charge in [-0.25, -0.2) is 4.98 Å². The number of ether oxygens (including phenoxy) is 2. The number of methoxy groups -OCH3 is 2. The molecule has 7 heteroatoms. The minimum Gasteiger partial charge on any atom is -0.497 e. The molecule has 1 unspecified atom stereocenters. The maximum absolute atomic E-state index is 12.5. The van der Waals surface area contributed by atoms with E-state index < -0.39 is 0 Å². The van der Waals surface area contributed by atoms with E-state index in [1.807, 2.05) is 19.1 Å². The second-order valence-electron chi connectivity index (χ2n) is 6.09. The Hall–Kier alpha value is -3.35. The van der Waals surface area contributed by atoms with E-state index in [1.165, 1.54) is 10.9 Å². The molecular formula is C20H21N3O4. The van der Waals surface area contributed by atoms with E-state index in [9.17, 15) is 9.59 Å². The SMILES string of the molecule is COc1ccc(OC)c(C(C)NC(=O)Cn2cnc3ccccc3c2=O)c1. The van der Waals surface area contributed by atoms with Gasteiger partial charge in [-0.05, 0) is 37.3 Å². The number of para-hydroxylation sites is 1. The van der Waals surface area contributed by atoms with Crippen molar-refractivity contribution in [3.8, 4) is 11.5 Å². The number of carbonyl (C=O) groups excluding carboxylic acids is 1. The molecule has 0 saturated carbocycles. The fourth-order valence-electron chi connectivity index (χ4n) is 2.92. The summed E-state index contributed by atoms with van der Waals surface area (Å²) in [5.74, 6) is 1.02. The van der Waals surface area contributed by atoms with Gasteiger partial charge in [0.05, 0.1) is 37.5 Å². The fourth-order valence-corrected chi connectivity index (χ4v) is 2.92. The number of rotatable bonds is 6. The van der Waals surface area contributed by atoms with Gasteiger partial charge in [-0.2, -0.15) is 0 Å². The fraction of sp³-hybridized carbons (Fsp3) is 0.250. The molecule has 7 nitrogen and oxygen atoms in total. The average molecular weight is 367 g/mol. The Balaban J connectivity index is 1.78. The molecule has 0 fully saturated rings. The van der Waals surface area contributed by atoms with Crippen molar-refractivity contribution < 1.29 is 14.3 Å². The summed E-state index contributed by atoms with van der Waals surface area (Å²) in [6.07, 6.45) is 1.39. The first-order chi connectivity index (χ1) is 13.0. The molecule has 27 heavy (non-hydrogen) atoms. The van der Waals surface area contributed by atoms with E-state index in [0.717, 1.165) is 5.56 Å². The summed E-state index contributed by atoms with van der Waals surface area (Å²) in [6, 6.07) is 12.1. The quantitative estimate of drug-likeness (QED) is 0.723. The van der Waals surface area contributed by atoms with Crippen LogP contribution in [0.1, 0.15) is 18.5 Å². The number of hydrogen-bond acceptors (Lipinski definition) is 5. The van der Waals surface area contributed by atoms with Crippen LogP contribution in [0.15, 0.2) is 53.6 Å². The number of fused-ring (bicyclic) bond motifs is 1. The molecule has 1 heterocycles. The number of amides is 1. The largest absolute Gasteiger partial charge is 0.497 e. The molecule has 0 spiro atoms. The van der Waals surface area contributed by atoms with E-state index in [2.05, 4.69) is 10.3 Å². The van der Waals surface area contributed by atoms with Crippen molar-refractivity contribution in [2.45, 2.75) is 19.5 Å². The average Bonchev–Trinajstić information content (AvgIpc) is 2.69. The highest BCUT2D eigenvalue weighted by Crippen LogP contribution is 2.29. The zero-order valence-corrected chi connectivity index (χ0v) is 15.4. The van der Waals surface area contributed by atoms with E-state index in [-0.39, 0.29) is 24.1 Å². The molecule has 2 aromatic carbocycles. The summed E-state index contributed by atoms with van der Waals surface area (Å²) >= 11 is 0. The molecule has 0 radical (unpaired) electrons. The van der Waals surface area contributed by atoms with Crippen LogP contribution in [-0.2, 0) is 11.3 Å². The standard InChI is InChI=1S/C20H21N3O4/c1-13(16-10-14(26-2)8-9-18(16)27-3)22-19(24)11-23-12-21-17-7-5-4-6-15(17)20(23)25/h4-10,12-13H,11H2,1-3H3,(H,22,24). The van der Waals surface area contributed by atoms with Crippen molar-refractivity contribution in [2.75, 3.05) is 14.2 Å². The maximum Gasteiger partial charge on any atom is 0.261 e. The number of nitrogens with one attached hydrogen (secondary N) is 1. The van der Waals surface area contributed by atoms with Crippen molar-refractivity contribution in [3.63, 3.8) is 0 Å². The molecular weight excluding hydrogens is 346 g/mol. The van der Waals surface area contributed by atoms with E-state index in [1.54, 1.807) is 44.6 Å². The van der Waals surface area contributed by atoms with Gasteiger partial charge in [-0.15, -0.1) is 0 Å². The molecule has 3 aromatic rings. The first kappa shape index (κ1) is 18.4. The molecule has 0 aliphatic rings. The molecule has 0 saturated heterocycles. The molecule has 3 rings (SSSR count). The predicted molar refractivity (Wildman–Crippen MR) is 102 cm³/mol. The molecule has 1 aromatic heterocycles. The van der Waals surface area contributed by atoms with Gasteiger partial charge in [0.2, 0.25) is 5.91 Å². The third-order valence-electron chi connectivity index (χ3n) is 4.33. The topological polar surface area (TPSA) is 82.4 Å². The molecule has 140 valence electrons. The van der Waals surface area contributed by atoms with Gasteiger partial charge >= 0.3 is 0 Å². The molecule has 1 N–H and O–H groups in total. The number of carbonyl (C=O) groups is 1. The van der Waals surface area contributed by atoms with Gasteiger partial charge in [-0.1, -0.05) is 12.1 Å². The van der Waals surface area contributed by atoms with Crippen molar-refractivity contribution in [1.29, 1.82) is 0 Å². The highest BCUT2D eigenvalue weighted by atomic mass is 16.5. The molecule has 0 bridgehead atoms. The second kappa shape index (κ2) is 7.90. The van der Waals surface area contributed by atoms with Crippen molar-refractivity contribution in [2.24, 2.45) is 0 Å². The van der Waals surface area contributed by atoms with Gasteiger partial charge in [0, 0.05) is 5.56 Å². The van der Waals surface area contributed by atoms with Crippen LogP contribution in [0.3, 0.4) is 0 Å². The maximum atomic E-state index is 12.5. The van der Waals surface area contributed by atoms with E-state index in [0.29, 0.717) is 22.4 Å². The van der Waals surface area contributed by atoms with Gasteiger partial charge in [-0.3, -0.25) is 14.2 Å². The van der Waals surface area contributed by atoms with Crippen molar-refractivity contribution >= 4 is 16.8 Å². The Kier molecular flexibility index (Phi) is 5.40. The normalized spacial score (nSPS) is 11.8. The van der Waals surface area contributed by atoms with Crippen molar-refractivity contribution in [3.05, 3.63) is 64.7 Å². The molecule has 0 aliphatic carbocycles. The number of aromatic nitrogens is 2. The first-order valence-corrected chi connectivity index (χ1v) is 8.49. The zero-order valence-electron chi connectivity index (χ0n) is 15.4. The van der Waals surface area contributed by atoms with Crippen LogP contribution in [-0.4, -0.2) is 29.7 Å². The van der Waals surface area contributed by atoms with Crippen LogP contribution >= 0.6 is 0 Å². The summed E-state index contributed by atoms with van der Waals surface area (Å²) in [6.45, 7) is 1.73. The van der Waals surface area contributed by atoms with Gasteiger partial charge in [0.25, 0.3) is 5.56 Å². The predicted octanol–water partition coefficient (Wildman–Crippen LogP) is 2.29. The van der Waals surface area contributed by atoms with Crippen LogP contribution in [0.5, 0.6) is 11.5 Å². The van der Waals surface area contributed by atoms with Crippen LogP contribution in [0.25, 0.3) is 10.9 Å². The summed E-state index contributed by atoms with van der Waals surface area (Å²) < 4.78 is 11.9. The molecule has 0 aliphatic heterocycles. The lowest BCUT2D eigenvalue weighted by Gasteiger charge is -2.18. The van der Waals surface area contributed by atoms with Crippen LogP contribution in [0.2, 0.25) is 0 Å². The van der Waals surface area contributed by atoms with Gasteiger partial charge in [0.1, 0.15) is 18.0 Å². The Labute approximate surface area is 156 Å². The van der Waals surface area contributed by atoms with E-state index in [4.69, 9.17) is 9.47 Å². The van der Waals surface area contributed by atoms with Gasteiger partial charge < -0.3 is 14.8 Å². The first-order valence-electron chi connectivity index (χ1n) is 8.49. The third-order valence-corrected chi connectivity index (χ3v) is 4.33. The molecule has 1 amide bonds. The number of benzene rings is 2. The molecule has 1 atom stereocenters. The Bertz CT molecular complexity index is 1030. The van der Waals surface area contributed by atoms with E-state index >= 15 is 0 Å². The Morgan fingerprint density at radius 2 is 1.96 bits per heavy atom. The van der Waals surface area contributed by atoms with Crippen LogP contribution in [0.4, 0.5) is 0 Å². The Morgan fingerprint density at radius 1 is 1.19 bits per heavy atom. The van der Waals surface area contributed by atoms with Crippen LogP contribution < -0.4 is 20.3 Å². The highest BCUT2D eigenvalue weighted by Gasteiger charge is 2.16. The van der Waals surface area contributed by atoms with Crippen molar-refractivity contribution in [1.82, 2.24) is 14.9 Å². The lowest BCUT2D eigenvalue weighted by molar-refractivity contribution is -0.122. The number of nitrogens with zero attached hydrogens (tertiary/aromatic N) is 2. The zero-order chi connectivity index (χ0) is 19.4. The highest BCUT2D eigenvalue weighted by molar-refractivity contribution is 5.79. The third kappa shape index (κ3) is 3.92. The van der Waals surface area contributed by atoms with Gasteiger partial charge in [0.15, 0.2) is 0 Å². The summed E-state index contributed by atoms with van der Waals surface area (Å²) in [7, 11) is 3.15. The monoisotopic (exact) mass is 367 g/mol. The summed E-state index contributed by atoms with van der Waals surface area (Å²) in [5.41, 5.74) is 1.14. The summed E-state index contributed by atoms with van der Waals surface area (Å²) in [4.78, 5) is 29.2. The lowest BCUT2D eigenvalue weighted by atomic mass is 10.1. The minimum atomic E-state index is -0.327. The Morgan fingerprint density at radius 3 is 2.70 bits per heavy atom.